The van der Waals surface area contributed by atoms with E-state index < -0.39 is 0 Å². The number of nitrogens with zero attached hydrogens (tertiary/aromatic N) is 2. The minimum absolute atomic E-state index is 0. The lowest BCUT2D eigenvalue weighted by Gasteiger charge is -1.97. The molecular formula is C5H11ClN4. The summed E-state index contributed by atoms with van der Waals surface area (Å²) in [7, 11) is 1.93. The maximum Gasteiger partial charge on any atom is 0.0945 e. The third-order valence-corrected chi connectivity index (χ3v) is 1.20. The van der Waals surface area contributed by atoms with Gasteiger partial charge < -0.3 is 4.57 Å². The number of aromatic nitrogens is 2. The summed E-state index contributed by atoms with van der Waals surface area (Å²) in [6.45, 7) is 0.663. The molecule has 4 nitrogen and oxygen atoms in total. The molecule has 0 unspecified atom stereocenters. The Bertz CT molecular complexity index is 186. The van der Waals surface area contributed by atoms with E-state index in [0.717, 1.165) is 5.69 Å². The van der Waals surface area contributed by atoms with Crippen LogP contribution in [0.25, 0.3) is 0 Å². The molecule has 0 saturated heterocycles. The van der Waals surface area contributed by atoms with E-state index in [9.17, 15) is 0 Å². The lowest BCUT2D eigenvalue weighted by Crippen LogP contribution is -2.22. The average molecular weight is 163 g/mol. The topological polar surface area (TPSA) is 55.9 Å². The monoisotopic (exact) mass is 162 g/mol. The Kier molecular flexibility index (Phi) is 4.02. The van der Waals surface area contributed by atoms with E-state index in [0.29, 0.717) is 6.54 Å². The first-order valence-electron chi connectivity index (χ1n) is 2.73. The highest BCUT2D eigenvalue weighted by Gasteiger charge is 1.92. The van der Waals surface area contributed by atoms with Crippen LogP contribution in [0.1, 0.15) is 5.69 Å². The third kappa shape index (κ3) is 1.98. The zero-order valence-corrected chi connectivity index (χ0v) is 6.56. The Morgan fingerprint density at radius 1 is 1.80 bits per heavy atom. The highest BCUT2D eigenvalue weighted by molar-refractivity contribution is 5.85. The van der Waals surface area contributed by atoms with Crippen LogP contribution in [0.3, 0.4) is 0 Å². The molecule has 0 saturated carbocycles. The molecule has 0 aliphatic carbocycles. The van der Waals surface area contributed by atoms with Crippen LogP contribution in [0.4, 0.5) is 0 Å². The second-order valence-corrected chi connectivity index (χ2v) is 1.88. The molecule has 58 valence electrons. The predicted octanol–water partition coefficient (Wildman–Crippen LogP) is -0.195. The van der Waals surface area contributed by atoms with Crippen LogP contribution in [-0.2, 0) is 13.6 Å². The summed E-state index contributed by atoms with van der Waals surface area (Å²) < 4.78 is 1.92. The number of imidazole rings is 1. The van der Waals surface area contributed by atoms with Crippen LogP contribution >= 0.6 is 12.4 Å². The summed E-state index contributed by atoms with van der Waals surface area (Å²) in [6, 6.07) is 0. The van der Waals surface area contributed by atoms with Gasteiger partial charge in [-0.1, -0.05) is 0 Å². The molecule has 0 aliphatic heterocycles. The number of nitrogens with one attached hydrogen (secondary N) is 1. The van der Waals surface area contributed by atoms with Gasteiger partial charge in [0.1, 0.15) is 0 Å². The van der Waals surface area contributed by atoms with E-state index in [1.165, 1.54) is 0 Å². The minimum Gasteiger partial charge on any atom is -0.337 e. The minimum atomic E-state index is 0. The number of nitrogens with two attached hydrogens (primary N) is 1. The summed E-state index contributed by atoms with van der Waals surface area (Å²) in [5.41, 5.74) is 3.63. The van der Waals surface area contributed by atoms with Crippen LogP contribution in [0.5, 0.6) is 0 Å². The summed E-state index contributed by atoms with van der Waals surface area (Å²) >= 11 is 0. The number of rotatable bonds is 2. The van der Waals surface area contributed by atoms with Crippen LogP contribution in [-0.4, -0.2) is 9.55 Å². The molecule has 0 spiro atoms. The Balaban J connectivity index is 0.000000810. The van der Waals surface area contributed by atoms with Gasteiger partial charge in [0, 0.05) is 13.2 Å². The van der Waals surface area contributed by atoms with Crippen LogP contribution < -0.4 is 11.3 Å². The van der Waals surface area contributed by atoms with E-state index in [-0.39, 0.29) is 12.4 Å². The van der Waals surface area contributed by atoms with E-state index in [1.807, 2.05) is 11.6 Å². The zero-order valence-electron chi connectivity index (χ0n) is 5.74. The van der Waals surface area contributed by atoms with E-state index in [4.69, 9.17) is 5.84 Å². The average Bonchev–Trinajstić information content (AvgIpc) is 2.18. The fourth-order valence-electron chi connectivity index (χ4n) is 0.660. The molecule has 1 aromatic rings. The molecule has 0 atom stereocenters. The van der Waals surface area contributed by atoms with Gasteiger partial charge in [-0.05, 0) is 0 Å². The second-order valence-electron chi connectivity index (χ2n) is 1.88. The molecule has 1 rings (SSSR count). The molecule has 0 bridgehead atoms. The lowest BCUT2D eigenvalue weighted by molar-refractivity contribution is 0.688. The van der Waals surface area contributed by atoms with Crippen molar-refractivity contribution in [3.05, 3.63) is 18.2 Å². The third-order valence-electron chi connectivity index (χ3n) is 1.20. The van der Waals surface area contributed by atoms with Crippen LogP contribution in [0.2, 0.25) is 0 Å². The van der Waals surface area contributed by atoms with Crippen molar-refractivity contribution in [1.29, 1.82) is 0 Å². The maximum atomic E-state index is 5.10. The first-order chi connectivity index (χ1) is 4.34. The van der Waals surface area contributed by atoms with Gasteiger partial charge in [-0.15, -0.1) is 12.4 Å². The van der Waals surface area contributed by atoms with E-state index >= 15 is 0 Å². The van der Waals surface area contributed by atoms with Gasteiger partial charge in [-0.3, -0.25) is 11.3 Å². The Labute approximate surface area is 65.8 Å². The predicted molar refractivity (Wildman–Crippen MR) is 41.5 cm³/mol. The number of hydrogen-bond donors (Lipinski definition) is 2. The number of hydrogen-bond acceptors (Lipinski definition) is 3. The van der Waals surface area contributed by atoms with E-state index in [2.05, 4.69) is 10.4 Å². The van der Waals surface area contributed by atoms with Crippen molar-refractivity contribution in [3.8, 4) is 0 Å². The lowest BCUT2D eigenvalue weighted by atomic mass is 10.5. The van der Waals surface area contributed by atoms with Crippen molar-refractivity contribution in [2.45, 2.75) is 6.54 Å². The van der Waals surface area contributed by atoms with Crippen molar-refractivity contribution in [3.63, 3.8) is 0 Å². The fraction of sp³-hybridized carbons (Fsp3) is 0.400. The Hall–Kier alpha value is -0.580. The molecular weight excluding hydrogens is 152 g/mol. The summed E-state index contributed by atoms with van der Waals surface area (Å²) in [6.07, 6.45) is 3.52. The molecule has 1 aromatic heterocycles. The van der Waals surface area contributed by atoms with E-state index in [1.54, 1.807) is 12.5 Å². The normalized spacial score (nSPS) is 9.00. The Morgan fingerprint density at radius 3 is 2.90 bits per heavy atom. The summed E-state index contributed by atoms with van der Waals surface area (Å²) in [5, 5.41) is 0. The van der Waals surface area contributed by atoms with Gasteiger partial charge in [0.05, 0.1) is 18.6 Å². The molecule has 0 amide bonds. The molecule has 5 heteroatoms. The molecule has 10 heavy (non-hydrogen) atoms. The van der Waals surface area contributed by atoms with Crippen molar-refractivity contribution in [2.75, 3.05) is 0 Å². The van der Waals surface area contributed by atoms with Gasteiger partial charge >= 0.3 is 0 Å². The molecule has 0 aromatic carbocycles. The molecule has 3 N–H and O–H groups in total. The smallest absolute Gasteiger partial charge is 0.0945 e. The van der Waals surface area contributed by atoms with Gasteiger partial charge in [0.2, 0.25) is 0 Å². The molecule has 0 radical (unpaired) electrons. The highest BCUT2D eigenvalue weighted by atomic mass is 35.5. The van der Waals surface area contributed by atoms with Crippen LogP contribution in [0.15, 0.2) is 12.5 Å². The highest BCUT2D eigenvalue weighted by Crippen LogP contribution is 1.92. The number of aryl methyl sites for hydroxylation is 1. The number of hydrazine groups is 1. The van der Waals surface area contributed by atoms with Gasteiger partial charge in [-0.2, -0.15) is 0 Å². The molecule has 0 fully saturated rings. The first kappa shape index (κ1) is 9.42. The second kappa shape index (κ2) is 4.27. The van der Waals surface area contributed by atoms with Gasteiger partial charge in [-0.25, -0.2) is 4.98 Å². The first-order valence-corrected chi connectivity index (χ1v) is 2.73. The van der Waals surface area contributed by atoms with Crippen molar-refractivity contribution in [1.82, 2.24) is 15.0 Å². The molecule has 0 aliphatic rings. The zero-order chi connectivity index (χ0) is 6.69. The van der Waals surface area contributed by atoms with Crippen molar-refractivity contribution < 1.29 is 0 Å². The summed E-state index contributed by atoms with van der Waals surface area (Å²) in [5.74, 6) is 5.10. The van der Waals surface area contributed by atoms with Gasteiger partial charge in [0.25, 0.3) is 0 Å². The quantitative estimate of drug-likeness (QED) is 0.468. The number of halogens is 1. The van der Waals surface area contributed by atoms with Crippen LogP contribution in [0, 0.1) is 0 Å². The van der Waals surface area contributed by atoms with Crippen molar-refractivity contribution in [2.24, 2.45) is 12.9 Å². The largest absolute Gasteiger partial charge is 0.337 e. The van der Waals surface area contributed by atoms with Crippen molar-refractivity contribution >= 4 is 12.4 Å². The molecule has 1 heterocycles. The maximum absolute atomic E-state index is 5.10. The fourth-order valence-corrected chi connectivity index (χ4v) is 0.660. The Morgan fingerprint density at radius 2 is 2.50 bits per heavy atom. The standard InChI is InChI=1S/C5H10N4.ClH/c1-9-4-7-2-5(9)3-8-6;/h2,4,8H,3,6H2,1H3;1H. The van der Waals surface area contributed by atoms with Gasteiger partial charge in [0.15, 0.2) is 0 Å². The summed E-state index contributed by atoms with van der Waals surface area (Å²) in [4.78, 5) is 3.91. The SMILES string of the molecule is Cl.Cn1cncc1CNN.